The summed E-state index contributed by atoms with van der Waals surface area (Å²) >= 11 is 0. The van der Waals surface area contributed by atoms with Crippen LogP contribution in [0.3, 0.4) is 0 Å². The highest BCUT2D eigenvalue weighted by Gasteiger charge is 2.34. The predicted octanol–water partition coefficient (Wildman–Crippen LogP) is 1.90. The van der Waals surface area contributed by atoms with Crippen LogP contribution in [0.15, 0.2) is 12.4 Å². The second kappa shape index (κ2) is 3.92. The summed E-state index contributed by atoms with van der Waals surface area (Å²) in [4.78, 5) is 11.0. The lowest BCUT2D eigenvalue weighted by atomic mass is 10.3. The van der Waals surface area contributed by atoms with Gasteiger partial charge in [-0.25, -0.2) is 9.97 Å². The number of aromatic nitrogens is 2. The minimum absolute atomic E-state index is 0.736. The lowest BCUT2D eigenvalue weighted by molar-refractivity contribution is 0.708. The van der Waals surface area contributed by atoms with Gasteiger partial charge in [0.25, 0.3) is 0 Å². The van der Waals surface area contributed by atoms with Crippen molar-refractivity contribution in [3.05, 3.63) is 12.4 Å². The molecule has 3 rings (SSSR count). The first-order chi connectivity index (χ1) is 7.86. The third-order valence-electron chi connectivity index (χ3n) is 3.34. The molecule has 16 heavy (non-hydrogen) atoms. The van der Waals surface area contributed by atoms with Crippen molar-refractivity contribution in [3.63, 3.8) is 0 Å². The van der Waals surface area contributed by atoms with Crippen molar-refractivity contribution < 1.29 is 0 Å². The van der Waals surface area contributed by atoms with E-state index in [0.29, 0.717) is 0 Å². The lowest BCUT2D eigenvalue weighted by Crippen LogP contribution is -2.29. The van der Waals surface area contributed by atoms with E-state index in [1.165, 1.54) is 32.2 Å². The van der Waals surface area contributed by atoms with Crippen LogP contribution in [0, 0.1) is 5.92 Å². The van der Waals surface area contributed by atoms with E-state index in [2.05, 4.69) is 26.3 Å². The monoisotopic (exact) mass is 218 g/mol. The Morgan fingerprint density at radius 3 is 2.75 bits per heavy atom. The highest BCUT2D eigenvalue weighted by atomic mass is 15.2. The maximum Gasteiger partial charge on any atom is 0.134 e. The molecule has 0 bridgehead atoms. The van der Waals surface area contributed by atoms with Crippen molar-refractivity contribution in [2.75, 3.05) is 23.8 Å². The van der Waals surface area contributed by atoms with Gasteiger partial charge in [-0.2, -0.15) is 0 Å². The fourth-order valence-corrected chi connectivity index (χ4v) is 2.04. The molecule has 1 aromatic heterocycles. The van der Waals surface area contributed by atoms with E-state index in [0.717, 1.165) is 23.6 Å². The van der Waals surface area contributed by atoms with E-state index < -0.39 is 0 Å². The molecular weight excluding hydrogens is 200 g/mol. The summed E-state index contributed by atoms with van der Waals surface area (Å²) < 4.78 is 0. The van der Waals surface area contributed by atoms with Crippen molar-refractivity contribution in [2.45, 2.75) is 31.7 Å². The Labute approximate surface area is 96.1 Å². The molecule has 0 atom stereocenters. The summed E-state index contributed by atoms with van der Waals surface area (Å²) in [6, 6.07) is 2.79. The summed E-state index contributed by atoms with van der Waals surface area (Å²) in [5, 5.41) is 3.07. The van der Waals surface area contributed by atoms with E-state index in [-0.39, 0.29) is 0 Å². The van der Waals surface area contributed by atoms with Crippen LogP contribution in [-0.4, -0.2) is 29.6 Å². The molecule has 86 valence electrons. The van der Waals surface area contributed by atoms with Crippen LogP contribution < -0.4 is 10.2 Å². The lowest BCUT2D eigenvalue weighted by Gasteiger charge is -2.23. The molecule has 0 saturated heterocycles. The number of anilines is 2. The summed E-state index contributed by atoms with van der Waals surface area (Å²) in [5.74, 6) is 2.91. The fourth-order valence-electron chi connectivity index (χ4n) is 2.04. The maximum atomic E-state index is 4.40. The van der Waals surface area contributed by atoms with E-state index in [1.807, 2.05) is 7.05 Å². The molecule has 2 aliphatic carbocycles. The van der Waals surface area contributed by atoms with Crippen molar-refractivity contribution in [1.29, 1.82) is 0 Å². The second-order valence-corrected chi connectivity index (χ2v) is 4.84. The van der Waals surface area contributed by atoms with Crippen LogP contribution in [0.2, 0.25) is 0 Å². The molecule has 1 N–H and O–H groups in total. The van der Waals surface area contributed by atoms with Gasteiger partial charge in [-0.1, -0.05) is 0 Å². The molecule has 0 unspecified atom stereocenters. The van der Waals surface area contributed by atoms with Crippen LogP contribution >= 0.6 is 0 Å². The number of nitrogens with one attached hydrogen (secondary N) is 1. The fraction of sp³-hybridized carbons (Fsp3) is 0.667. The first-order valence-corrected chi connectivity index (χ1v) is 6.13. The van der Waals surface area contributed by atoms with Gasteiger partial charge in [0.2, 0.25) is 0 Å². The smallest absolute Gasteiger partial charge is 0.134 e. The Bertz CT molecular complexity index is 371. The highest BCUT2D eigenvalue weighted by Crippen LogP contribution is 2.37. The largest absolute Gasteiger partial charge is 0.373 e. The minimum Gasteiger partial charge on any atom is -0.373 e. The van der Waals surface area contributed by atoms with Gasteiger partial charge in [-0.05, 0) is 31.6 Å². The molecule has 0 aliphatic heterocycles. The molecular formula is C12H18N4. The van der Waals surface area contributed by atoms with Crippen LogP contribution in [0.1, 0.15) is 25.7 Å². The van der Waals surface area contributed by atoms with Gasteiger partial charge in [-0.3, -0.25) is 0 Å². The Hall–Kier alpha value is -1.32. The number of hydrogen-bond donors (Lipinski definition) is 1. The van der Waals surface area contributed by atoms with Crippen molar-refractivity contribution >= 4 is 11.6 Å². The van der Waals surface area contributed by atoms with Crippen LogP contribution in [0.25, 0.3) is 0 Å². The van der Waals surface area contributed by atoms with Crippen LogP contribution in [0.5, 0.6) is 0 Å². The summed E-state index contributed by atoms with van der Waals surface area (Å²) in [7, 11) is 1.90. The third kappa shape index (κ3) is 2.10. The van der Waals surface area contributed by atoms with Gasteiger partial charge < -0.3 is 10.2 Å². The van der Waals surface area contributed by atoms with Crippen molar-refractivity contribution in [3.8, 4) is 0 Å². The normalized spacial score (nSPS) is 19.6. The Morgan fingerprint density at radius 1 is 1.31 bits per heavy atom. The number of hydrogen-bond acceptors (Lipinski definition) is 4. The van der Waals surface area contributed by atoms with Gasteiger partial charge >= 0.3 is 0 Å². The first kappa shape index (κ1) is 9.87. The summed E-state index contributed by atoms with van der Waals surface area (Å²) in [6.45, 7) is 1.19. The number of rotatable bonds is 5. The van der Waals surface area contributed by atoms with Gasteiger partial charge in [0.15, 0.2) is 0 Å². The van der Waals surface area contributed by atoms with Gasteiger partial charge in [-0.15, -0.1) is 0 Å². The molecule has 4 heteroatoms. The van der Waals surface area contributed by atoms with E-state index >= 15 is 0 Å². The van der Waals surface area contributed by atoms with Crippen molar-refractivity contribution in [2.24, 2.45) is 5.92 Å². The summed E-state index contributed by atoms with van der Waals surface area (Å²) in [5.41, 5.74) is 0. The molecule has 0 radical (unpaired) electrons. The molecule has 1 heterocycles. The quantitative estimate of drug-likeness (QED) is 0.819. The molecule has 2 aliphatic rings. The maximum absolute atomic E-state index is 4.40. The summed E-state index contributed by atoms with van der Waals surface area (Å²) in [6.07, 6.45) is 7.10. The first-order valence-electron chi connectivity index (χ1n) is 6.13. The minimum atomic E-state index is 0.736. The molecule has 2 fully saturated rings. The molecule has 1 aromatic rings. The second-order valence-electron chi connectivity index (χ2n) is 4.84. The average Bonchev–Trinajstić information content (AvgIpc) is 3.16. The number of nitrogens with zero attached hydrogens (tertiary/aromatic N) is 3. The zero-order valence-electron chi connectivity index (χ0n) is 9.69. The molecule has 0 spiro atoms. The SMILES string of the molecule is CNc1cc(N(CC2CC2)C2CC2)ncn1. The van der Waals surface area contributed by atoms with E-state index in [1.54, 1.807) is 6.33 Å². The van der Waals surface area contributed by atoms with E-state index in [4.69, 9.17) is 0 Å². The standard InChI is InChI=1S/C12H18N4/c1-13-11-6-12(15-8-14-11)16(10-4-5-10)7-9-2-3-9/h6,8-10H,2-5,7H2,1H3,(H,13,14,15). The molecule has 0 aromatic carbocycles. The zero-order valence-corrected chi connectivity index (χ0v) is 9.69. The van der Waals surface area contributed by atoms with E-state index in [9.17, 15) is 0 Å². The average molecular weight is 218 g/mol. The van der Waals surface area contributed by atoms with Gasteiger partial charge in [0.1, 0.15) is 18.0 Å². The molecule has 4 nitrogen and oxygen atoms in total. The zero-order chi connectivity index (χ0) is 11.0. The van der Waals surface area contributed by atoms with Gasteiger partial charge in [0.05, 0.1) is 0 Å². The Morgan fingerprint density at radius 2 is 2.12 bits per heavy atom. The highest BCUT2D eigenvalue weighted by molar-refractivity contribution is 5.49. The van der Waals surface area contributed by atoms with Crippen LogP contribution in [-0.2, 0) is 0 Å². The van der Waals surface area contributed by atoms with Gasteiger partial charge in [0, 0.05) is 25.7 Å². The Balaban J connectivity index is 1.79. The van der Waals surface area contributed by atoms with Crippen molar-refractivity contribution in [1.82, 2.24) is 9.97 Å². The third-order valence-corrected chi connectivity index (χ3v) is 3.34. The topological polar surface area (TPSA) is 41.0 Å². The Kier molecular flexibility index (Phi) is 2.42. The van der Waals surface area contributed by atoms with Crippen LogP contribution in [0.4, 0.5) is 11.6 Å². The molecule has 2 saturated carbocycles. The predicted molar refractivity (Wildman–Crippen MR) is 64.7 cm³/mol. The molecule has 0 amide bonds.